The van der Waals surface area contributed by atoms with Crippen LogP contribution in [-0.4, -0.2) is 11.8 Å². The molecule has 0 radical (unpaired) electrons. The van der Waals surface area contributed by atoms with Gasteiger partial charge in [0, 0.05) is 33.3 Å². The minimum atomic E-state index is -0.630. The number of halogens is 2. The number of carbonyl (C=O) groups is 2. The fraction of sp³-hybridized carbons (Fsp3) is 0.200. The molecule has 0 fully saturated rings. The lowest BCUT2D eigenvalue weighted by atomic mass is 9.83. The van der Waals surface area contributed by atoms with E-state index in [0.29, 0.717) is 33.8 Å². The first-order valence-corrected chi connectivity index (χ1v) is 10.7. The first kappa shape index (κ1) is 19.8. The van der Waals surface area contributed by atoms with Gasteiger partial charge in [0.2, 0.25) is 5.91 Å². The smallest absolute Gasteiger partial charge is 0.252 e. The van der Waals surface area contributed by atoms with Gasteiger partial charge in [0.05, 0.1) is 6.04 Å². The normalized spacial score (nSPS) is 19.4. The van der Waals surface area contributed by atoms with E-state index in [4.69, 9.17) is 11.6 Å². The van der Waals surface area contributed by atoms with E-state index in [1.807, 2.05) is 12.1 Å². The van der Waals surface area contributed by atoms with Crippen molar-refractivity contribution >= 4 is 29.1 Å². The van der Waals surface area contributed by atoms with Gasteiger partial charge < -0.3 is 10.6 Å². The highest BCUT2D eigenvalue weighted by Gasteiger charge is 2.34. The van der Waals surface area contributed by atoms with E-state index in [-0.39, 0.29) is 17.7 Å². The second kappa shape index (κ2) is 7.82. The van der Waals surface area contributed by atoms with E-state index in [2.05, 4.69) is 22.8 Å². The number of carbonyl (C=O) groups excluding carboxylic acids is 2. The average molecular weight is 435 g/mol. The fourth-order valence-electron chi connectivity index (χ4n) is 4.59. The monoisotopic (exact) mass is 434 g/mol. The van der Waals surface area contributed by atoms with E-state index >= 15 is 0 Å². The maximum Gasteiger partial charge on any atom is 0.252 e. The van der Waals surface area contributed by atoms with Gasteiger partial charge >= 0.3 is 0 Å². The van der Waals surface area contributed by atoms with Gasteiger partial charge in [-0.15, -0.1) is 0 Å². The number of nitrogens with one attached hydrogen (secondary N) is 2. The van der Waals surface area contributed by atoms with Crippen molar-refractivity contribution in [1.29, 1.82) is 0 Å². The first-order valence-electron chi connectivity index (χ1n) is 10.3. The van der Waals surface area contributed by atoms with Crippen molar-refractivity contribution < 1.29 is 14.0 Å². The van der Waals surface area contributed by atoms with Gasteiger partial charge in [0.1, 0.15) is 5.82 Å². The third kappa shape index (κ3) is 3.59. The van der Waals surface area contributed by atoms with Crippen molar-refractivity contribution in [3.63, 3.8) is 0 Å². The van der Waals surface area contributed by atoms with Crippen LogP contribution in [0.4, 0.5) is 10.1 Å². The number of amides is 2. The van der Waals surface area contributed by atoms with Crippen molar-refractivity contribution in [1.82, 2.24) is 5.32 Å². The van der Waals surface area contributed by atoms with Crippen LogP contribution in [0.1, 0.15) is 45.1 Å². The summed E-state index contributed by atoms with van der Waals surface area (Å²) in [5.74, 6) is -0.939. The summed E-state index contributed by atoms with van der Waals surface area (Å²) in [4.78, 5) is 25.7. The Labute approximate surface area is 184 Å². The maximum absolute atomic E-state index is 13.9. The largest absolute Gasteiger partial charge is 0.341 e. The number of hydrogen-bond acceptors (Lipinski definition) is 2. The summed E-state index contributed by atoms with van der Waals surface area (Å²) >= 11 is 6.31. The molecule has 0 saturated heterocycles. The molecule has 0 bridgehead atoms. The average Bonchev–Trinajstić information content (AvgIpc) is 3.12. The number of anilines is 1. The van der Waals surface area contributed by atoms with Crippen molar-refractivity contribution in [3.05, 3.63) is 99.3 Å². The van der Waals surface area contributed by atoms with Crippen LogP contribution in [0.3, 0.4) is 0 Å². The minimum absolute atomic E-state index is 0.0775. The Bertz CT molecular complexity index is 1210. The molecule has 0 spiro atoms. The highest BCUT2D eigenvalue weighted by atomic mass is 35.5. The minimum Gasteiger partial charge on any atom is -0.341 e. The third-order valence-corrected chi connectivity index (χ3v) is 6.50. The predicted molar refractivity (Wildman–Crippen MR) is 118 cm³/mol. The summed E-state index contributed by atoms with van der Waals surface area (Å²) in [5.41, 5.74) is 4.57. The maximum atomic E-state index is 13.9. The van der Waals surface area contributed by atoms with Crippen LogP contribution in [0.25, 0.3) is 0 Å². The molecule has 0 aromatic heterocycles. The Morgan fingerprint density at radius 2 is 1.87 bits per heavy atom. The Morgan fingerprint density at radius 3 is 2.71 bits per heavy atom. The van der Waals surface area contributed by atoms with Crippen LogP contribution in [0.15, 0.2) is 60.7 Å². The van der Waals surface area contributed by atoms with Crippen LogP contribution in [-0.2, 0) is 17.6 Å². The zero-order valence-electron chi connectivity index (χ0n) is 16.6. The van der Waals surface area contributed by atoms with E-state index in [1.54, 1.807) is 18.2 Å². The molecule has 4 nitrogen and oxygen atoms in total. The van der Waals surface area contributed by atoms with Crippen LogP contribution in [0, 0.1) is 11.7 Å². The summed E-state index contributed by atoms with van der Waals surface area (Å²) < 4.78 is 13.9. The molecule has 3 aromatic rings. The molecule has 1 aliphatic carbocycles. The SMILES string of the molecule is O=C1NC(c2cc(F)ccc2Cl)c2c(NC(=O)C3CCc4ccccc4C3)cccc21. The lowest BCUT2D eigenvalue weighted by molar-refractivity contribution is -0.120. The molecule has 1 aliphatic heterocycles. The van der Waals surface area contributed by atoms with Crippen LogP contribution < -0.4 is 10.6 Å². The predicted octanol–water partition coefficient (Wildman–Crippen LogP) is 5.06. The molecular weight excluding hydrogens is 415 g/mol. The highest BCUT2D eigenvalue weighted by molar-refractivity contribution is 6.31. The Balaban J connectivity index is 1.46. The molecule has 2 atom stereocenters. The van der Waals surface area contributed by atoms with Crippen molar-refractivity contribution in [2.24, 2.45) is 5.92 Å². The lowest BCUT2D eigenvalue weighted by Gasteiger charge is -2.25. The molecule has 3 aromatic carbocycles. The van der Waals surface area contributed by atoms with Crippen LogP contribution in [0.2, 0.25) is 5.02 Å². The van der Waals surface area contributed by atoms with Gasteiger partial charge in [0.25, 0.3) is 5.91 Å². The zero-order valence-corrected chi connectivity index (χ0v) is 17.4. The van der Waals surface area contributed by atoms with Gasteiger partial charge in [-0.3, -0.25) is 9.59 Å². The van der Waals surface area contributed by atoms with Gasteiger partial charge in [-0.05, 0) is 60.7 Å². The standard InChI is InChI=1S/C25H20ClFN2O2/c26-20-11-10-17(27)13-19(20)23-22-18(25(31)29-23)6-3-7-21(22)28-24(30)16-9-8-14-4-1-2-5-15(14)12-16/h1-7,10-11,13,16,23H,8-9,12H2,(H,28,30)(H,29,31). The Kier molecular flexibility index (Phi) is 4.98. The van der Waals surface area contributed by atoms with E-state index in [0.717, 1.165) is 12.8 Å². The van der Waals surface area contributed by atoms with Gasteiger partial charge in [-0.25, -0.2) is 4.39 Å². The van der Waals surface area contributed by atoms with Gasteiger partial charge in [0.15, 0.2) is 0 Å². The molecule has 6 heteroatoms. The number of aryl methyl sites for hydroxylation is 1. The summed E-state index contributed by atoms with van der Waals surface area (Å²) in [6.45, 7) is 0. The van der Waals surface area contributed by atoms with Gasteiger partial charge in [-0.1, -0.05) is 41.9 Å². The molecule has 31 heavy (non-hydrogen) atoms. The Hall–Kier alpha value is -3.18. The molecule has 1 heterocycles. The second-order valence-corrected chi connectivity index (χ2v) is 8.44. The number of fused-ring (bicyclic) bond motifs is 2. The number of benzene rings is 3. The zero-order chi connectivity index (χ0) is 21.5. The first-order chi connectivity index (χ1) is 15.0. The fourth-order valence-corrected chi connectivity index (χ4v) is 4.82. The third-order valence-electron chi connectivity index (χ3n) is 6.16. The molecule has 2 unspecified atom stereocenters. The molecule has 2 amide bonds. The molecule has 156 valence electrons. The molecule has 5 rings (SSSR count). The van der Waals surface area contributed by atoms with E-state index in [1.165, 1.54) is 29.3 Å². The van der Waals surface area contributed by atoms with Gasteiger partial charge in [-0.2, -0.15) is 0 Å². The van der Waals surface area contributed by atoms with E-state index < -0.39 is 11.9 Å². The summed E-state index contributed by atoms with van der Waals surface area (Å²) in [5, 5.41) is 6.25. The molecule has 0 saturated carbocycles. The summed E-state index contributed by atoms with van der Waals surface area (Å²) in [6.07, 6.45) is 2.32. The number of rotatable bonds is 3. The van der Waals surface area contributed by atoms with Crippen LogP contribution >= 0.6 is 11.6 Å². The highest BCUT2D eigenvalue weighted by Crippen LogP contribution is 2.39. The van der Waals surface area contributed by atoms with E-state index in [9.17, 15) is 14.0 Å². The number of hydrogen-bond donors (Lipinski definition) is 2. The summed E-state index contributed by atoms with van der Waals surface area (Å²) in [6, 6.07) is 16.8. The van der Waals surface area contributed by atoms with Crippen molar-refractivity contribution in [3.8, 4) is 0 Å². The topological polar surface area (TPSA) is 58.2 Å². The molecular formula is C25H20ClFN2O2. The Morgan fingerprint density at radius 1 is 1.06 bits per heavy atom. The molecule has 2 N–H and O–H groups in total. The van der Waals surface area contributed by atoms with Crippen molar-refractivity contribution in [2.75, 3.05) is 5.32 Å². The van der Waals surface area contributed by atoms with Crippen molar-refractivity contribution in [2.45, 2.75) is 25.3 Å². The summed E-state index contributed by atoms with van der Waals surface area (Å²) in [7, 11) is 0. The quantitative estimate of drug-likeness (QED) is 0.605. The second-order valence-electron chi connectivity index (χ2n) is 8.04. The van der Waals surface area contributed by atoms with Crippen LogP contribution in [0.5, 0.6) is 0 Å². The molecule has 2 aliphatic rings. The lowest BCUT2D eigenvalue weighted by Crippen LogP contribution is -2.29.